The molecule has 1 aromatic carbocycles. The summed E-state index contributed by atoms with van der Waals surface area (Å²) in [4.78, 5) is 29.4. The number of nitrogens with zero attached hydrogens (tertiary/aromatic N) is 2. The van der Waals surface area contributed by atoms with Gasteiger partial charge in [0.15, 0.2) is 0 Å². The van der Waals surface area contributed by atoms with Crippen LogP contribution in [0.3, 0.4) is 0 Å². The quantitative estimate of drug-likeness (QED) is 0.779. The molecule has 1 unspecified atom stereocenters. The molecule has 0 aliphatic carbocycles. The normalized spacial score (nSPS) is 20.8. The summed E-state index contributed by atoms with van der Waals surface area (Å²) in [5, 5.41) is 3.23. The second kappa shape index (κ2) is 10.5. The highest BCUT2D eigenvalue weighted by atomic mass is 16.5. The van der Waals surface area contributed by atoms with E-state index >= 15 is 0 Å². The predicted octanol–water partition coefficient (Wildman–Crippen LogP) is 2.15. The van der Waals surface area contributed by atoms with Gasteiger partial charge in [-0.05, 0) is 57.3 Å². The van der Waals surface area contributed by atoms with Crippen LogP contribution in [0.25, 0.3) is 0 Å². The van der Waals surface area contributed by atoms with Gasteiger partial charge in [0.1, 0.15) is 5.75 Å². The summed E-state index contributed by atoms with van der Waals surface area (Å²) in [5.41, 5.74) is 0. The van der Waals surface area contributed by atoms with Gasteiger partial charge < -0.3 is 19.9 Å². The number of benzene rings is 1. The second-order valence-corrected chi connectivity index (χ2v) is 7.92. The van der Waals surface area contributed by atoms with E-state index in [4.69, 9.17) is 4.74 Å². The van der Waals surface area contributed by atoms with Gasteiger partial charge in [0.25, 0.3) is 0 Å². The first-order valence-electron chi connectivity index (χ1n) is 10.6. The molecule has 1 aromatic rings. The third-order valence-electron chi connectivity index (χ3n) is 5.87. The Balaban J connectivity index is 1.43. The van der Waals surface area contributed by atoms with Crippen molar-refractivity contribution in [1.29, 1.82) is 0 Å². The Labute approximate surface area is 168 Å². The fraction of sp³-hybridized carbons (Fsp3) is 0.636. The van der Waals surface area contributed by atoms with E-state index in [1.54, 1.807) is 0 Å². The third-order valence-corrected chi connectivity index (χ3v) is 5.87. The molecule has 0 aromatic heterocycles. The lowest BCUT2D eigenvalue weighted by atomic mass is 9.92. The number of piperidine rings is 2. The molecule has 1 N–H and O–H groups in total. The van der Waals surface area contributed by atoms with E-state index in [0.29, 0.717) is 25.5 Å². The number of rotatable bonds is 7. The van der Waals surface area contributed by atoms with Crippen molar-refractivity contribution < 1.29 is 14.3 Å². The Kier molecular flexibility index (Phi) is 7.71. The van der Waals surface area contributed by atoms with Crippen LogP contribution in [0, 0.1) is 11.8 Å². The van der Waals surface area contributed by atoms with Gasteiger partial charge in [-0.15, -0.1) is 0 Å². The van der Waals surface area contributed by atoms with Crippen LogP contribution in [0.1, 0.15) is 32.1 Å². The fourth-order valence-corrected chi connectivity index (χ4v) is 4.24. The monoisotopic (exact) mass is 387 g/mol. The number of carbonyl (C=O) groups is 2. The maximum atomic E-state index is 12.9. The van der Waals surface area contributed by atoms with Gasteiger partial charge in [-0.25, -0.2) is 0 Å². The van der Waals surface area contributed by atoms with E-state index < -0.39 is 0 Å². The molecular formula is C22H33N3O3. The van der Waals surface area contributed by atoms with Gasteiger partial charge in [-0.1, -0.05) is 18.2 Å². The molecule has 0 radical (unpaired) electrons. The summed E-state index contributed by atoms with van der Waals surface area (Å²) < 4.78 is 5.64. The molecular weight excluding hydrogens is 354 g/mol. The highest BCUT2D eigenvalue weighted by Crippen LogP contribution is 2.23. The van der Waals surface area contributed by atoms with Crippen LogP contribution in [0.4, 0.5) is 0 Å². The van der Waals surface area contributed by atoms with Crippen molar-refractivity contribution in [1.82, 2.24) is 15.1 Å². The molecule has 6 nitrogen and oxygen atoms in total. The minimum absolute atomic E-state index is 0.0476. The van der Waals surface area contributed by atoms with E-state index in [2.05, 4.69) is 5.32 Å². The number of hydrogen-bond acceptors (Lipinski definition) is 4. The molecule has 6 heteroatoms. The number of carbonyl (C=O) groups excluding carboxylic acids is 2. The number of nitrogens with one attached hydrogen (secondary N) is 1. The number of para-hydroxylation sites is 1. The predicted molar refractivity (Wildman–Crippen MR) is 109 cm³/mol. The van der Waals surface area contributed by atoms with E-state index in [1.807, 2.05) is 47.2 Å². The zero-order chi connectivity index (χ0) is 19.8. The lowest BCUT2D eigenvalue weighted by Crippen LogP contribution is -2.49. The Morgan fingerprint density at radius 3 is 2.54 bits per heavy atom. The minimum Gasteiger partial charge on any atom is -0.493 e. The topological polar surface area (TPSA) is 61.9 Å². The highest BCUT2D eigenvalue weighted by molar-refractivity contribution is 5.81. The Bertz CT molecular complexity index is 629. The first-order chi connectivity index (χ1) is 13.7. The average molecular weight is 388 g/mol. The Morgan fingerprint density at radius 2 is 1.82 bits per heavy atom. The molecule has 2 saturated heterocycles. The summed E-state index contributed by atoms with van der Waals surface area (Å²) in [6.45, 7) is 4.40. The van der Waals surface area contributed by atoms with E-state index in [1.165, 1.54) is 0 Å². The molecule has 28 heavy (non-hydrogen) atoms. The molecule has 1 atom stereocenters. The van der Waals surface area contributed by atoms with Crippen LogP contribution >= 0.6 is 0 Å². The third kappa shape index (κ3) is 5.71. The van der Waals surface area contributed by atoms with Crippen molar-refractivity contribution in [2.75, 3.05) is 46.4 Å². The fourth-order valence-electron chi connectivity index (χ4n) is 4.24. The van der Waals surface area contributed by atoms with Crippen molar-refractivity contribution in [3.05, 3.63) is 30.3 Å². The molecule has 2 amide bonds. The zero-order valence-corrected chi connectivity index (χ0v) is 16.9. The van der Waals surface area contributed by atoms with Crippen LogP contribution in [0.5, 0.6) is 5.75 Å². The van der Waals surface area contributed by atoms with E-state index in [0.717, 1.165) is 57.6 Å². The van der Waals surface area contributed by atoms with Crippen molar-refractivity contribution >= 4 is 11.8 Å². The van der Waals surface area contributed by atoms with Crippen LogP contribution in [-0.2, 0) is 9.59 Å². The minimum atomic E-state index is -0.0476. The molecule has 2 aliphatic heterocycles. The van der Waals surface area contributed by atoms with Crippen LogP contribution in [0.2, 0.25) is 0 Å². The summed E-state index contributed by atoms with van der Waals surface area (Å²) in [6, 6.07) is 9.55. The Hall–Kier alpha value is -2.08. The van der Waals surface area contributed by atoms with Gasteiger partial charge in [-0.2, -0.15) is 0 Å². The van der Waals surface area contributed by atoms with Crippen LogP contribution < -0.4 is 10.1 Å². The van der Waals surface area contributed by atoms with Gasteiger partial charge in [0.05, 0.1) is 18.9 Å². The van der Waals surface area contributed by atoms with E-state index in [9.17, 15) is 9.59 Å². The first kappa shape index (κ1) is 20.6. The lowest BCUT2D eigenvalue weighted by Gasteiger charge is -2.38. The van der Waals surface area contributed by atoms with Crippen molar-refractivity contribution in [2.24, 2.45) is 11.8 Å². The van der Waals surface area contributed by atoms with Crippen molar-refractivity contribution in [3.8, 4) is 5.75 Å². The SMILES string of the molecule is CNCC1CCN(C(=O)C2CCCN(C(=O)CCOc3ccccc3)C2)CC1. The molecule has 154 valence electrons. The van der Waals surface area contributed by atoms with Gasteiger partial charge in [-0.3, -0.25) is 9.59 Å². The number of hydrogen-bond donors (Lipinski definition) is 1. The van der Waals surface area contributed by atoms with Crippen molar-refractivity contribution in [3.63, 3.8) is 0 Å². The molecule has 2 heterocycles. The molecule has 0 spiro atoms. The van der Waals surface area contributed by atoms with E-state index in [-0.39, 0.29) is 17.7 Å². The summed E-state index contributed by atoms with van der Waals surface area (Å²) in [5.74, 6) is 1.72. The summed E-state index contributed by atoms with van der Waals surface area (Å²) >= 11 is 0. The second-order valence-electron chi connectivity index (χ2n) is 7.92. The highest BCUT2D eigenvalue weighted by Gasteiger charge is 2.32. The zero-order valence-electron chi connectivity index (χ0n) is 16.9. The largest absolute Gasteiger partial charge is 0.493 e. The average Bonchev–Trinajstić information content (AvgIpc) is 2.75. The van der Waals surface area contributed by atoms with Crippen LogP contribution in [0.15, 0.2) is 30.3 Å². The molecule has 2 aliphatic rings. The Morgan fingerprint density at radius 1 is 1.07 bits per heavy atom. The maximum absolute atomic E-state index is 12.9. The first-order valence-corrected chi connectivity index (χ1v) is 10.6. The van der Waals surface area contributed by atoms with Crippen LogP contribution in [-0.4, -0.2) is 68.0 Å². The molecule has 3 rings (SSSR count). The van der Waals surface area contributed by atoms with Crippen molar-refractivity contribution in [2.45, 2.75) is 32.1 Å². The number of ether oxygens (including phenoxy) is 1. The lowest BCUT2D eigenvalue weighted by molar-refractivity contribution is -0.142. The standard InChI is InChI=1S/C22H33N3O3/c1-23-16-18-9-13-24(14-10-18)22(27)19-6-5-12-25(17-19)21(26)11-15-28-20-7-3-2-4-8-20/h2-4,7-8,18-19,23H,5-6,9-17H2,1H3. The smallest absolute Gasteiger partial charge is 0.227 e. The summed E-state index contributed by atoms with van der Waals surface area (Å²) in [7, 11) is 1.98. The molecule has 0 bridgehead atoms. The van der Waals surface area contributed by atoms with Gasteiger partial charge >= 0.3 is 0 Å². The number of amides is 2. The van der Waals surface area contributed by atoms with Gasteiger partial charge in [0, 0.05) is 26.2 Å². The maximum Gasteiger partial charge on any atom is 0.227 e. The number of likely N-dealkylation sites (tertiary alicyclic amines) is 2. The molecule has 2 fully saturated rings. The molecule has 0 saturated carbocycles. The summed E-state index contributed by atoms with van der Waals surface area (Å²) in [6.07, 6.45) is 4.28. The van der Waals surface area contributed by atoms with Gasteiger partial charge in [0.2, 0.25) is 11.8 Å².